The fourth-order valence-electron chi connectivity index (χ4n) is 8.23. The molecule has 16 N–H and O–H groups in total. The number of carbonyl (C=O) groups excluding carboxylic acids is 8. The molecule has 3 aromatic rings. The Morgan fingerprint density at radius 2 is 1.27 bits per heavy atom. The molecule has 25 heteroatoms. The molecule has 5 rings (SSSR count). The molecule has 0 unspecified atom stereocenters. The molecule has 12 atom stereocenters. The third-order valence-corrected chi connectivity index (χ3v) is 12.4. The van der Waals surface area contributed by atoms with Crippen LogP contribution in [-0.4, -0.2) is 182 Å². The maximum Gasteiger partial charge on any atom is 0.246 e. The molecule has 0 radical (unpaired) electrons. The summed E-state index contributed by atoms with van der Waals surface area (Å²) in [7, 11) is 0. The molecule has 0 spiro atoms. The van der Waals surface area contributed by atoms with Crippen LogP contribution >= 0.6 is 0 Å². The summed E-state index contributed by atoms with van der Waals surface area (Å²) in [6, 6.07) is 12.7. The van der Waals surface area contributed by atoms with Gasteiger partial charge in [-0.15, -0.1) is 0 Å². The van der Waals surface area contributed by atoms with Gasteiger partial charge in [0.25, 0.3) is 0 Å². The number of nitrogens with one attached hydrogen (secondary N) is 6. The molecule has 8 amide bonds. The predicted octanol–water partition coefficient (Wildman–Crippen LogP) is -4.67. The number of carbonyl (C=O) groups is 8. The van der Waals surface area contributed by atoms with E-state index in [-0.39, 0.29) is 43.7 Å². The number of benzene rings is 3. The van der Waals surface area contributed by atoms with Crippen molar-refractivity contribution in [3.8, 4) is 11.5 Å². The standard InChI is InChI=1S/C49H65N9O16/c1-25(54-44(68)32(50)19-28-10-14-30(60)15-11-28)43(67)56-33(20-27-7-4-3-5-8-27)45(69)53-23-38(63)55-34(21-29-12-16-31(61)17-13-29)48(72)58-18-6-9-35(58)46(70)57-39(47(71)52-22-37(51)62)26(2)73-49-42(66)41(65)40(64)36(24-59)74-49/h3-5,7-8,10-17,25-26,32-36,39-42,49,59-61,64-66H,6,9,18-24,50H2,1-2H3,(H2,51,62)(H,52,71)(H,53,69)(H,54,68)(H,55,63)(H,56,67)(H,57,70)/t25-,26+,32+,33+,34+,35+,36+,39+,40+,41-,42+,49+/m1/s1. The van der Waals surface area contributed by atoms with Gasteiger partial charge < -0.3 is 88.4 Å². The summed E-state index contributed by atoms with van der Waals surface area (Å²) in [6.45, 7) is 0.550. The lowest BCUT2D eigenvalue weighted by Crippen LogP contribution is -2.62. The fourth-order valence-corrected chi connectivity index (χ4v) is 8.23. The molecule has 0 aliphatic carbocycles. The van der Waals surface area contributed by atoms with Crippen molar-refractivity contribution in [3.05, 3.63) is 95.6 Å². The zero-order chi connectivity index (χ0) is 54.2. The van der Waals surface area contributed by atoms with Crippen LogP contribution in [-0.2, 0) is 67.1 Å². The zero-order valence-electron chi connectivity index (χ0n) is 40.7. The van der Waals surface area contributed by atoms with Crippen LogP contribution in [0.2, 0.25) is 0 Å². The molecular weight excluding hydrogens is 971 g/mol. The van der Waals surface area contributed by atoms with Gasteiger partial charge in [-0.1, -0.05) is 54.6 Å². The number of aliphatic hydroxyl groups is 4. The molecule has 3 aromatic carbocycles. The van der Waals surface area contributed by atoms with Gasteiger partial charge >= 0.3 is 0 Å². The summed E-state index contributed by atoms with van der Waals surface area (Å²) < 4.78 is 11.1. The van der Waals surface area contributed by atoms with Crippen LogP contribution in [0.4, 0.5) is 0 Å². The second-order valence-corrected chi connectivity index (χ2v) is 18.1. The first-order chi connectivity index (χ1) is 35.1. The van der Waals surface area contributed by atoms with Crippen LogP contribution in [0.3, 0.4) is 0 Å². The minimum absolute atomic E-state index is 0.00909. The maximum absolute atomic E-state index is 14.5. The van der Waals surface area contributed by atoms with Crippen LogP contribution in [0.5, 0.6) is 11.5 Å². The SMILES string of the molecule is C[C@H](O[C@H]1O[C@@H](CO)[C@H](O)[C@@H](O)[C@@H]1O)[C@H](NC(=O)[C@@H]1CCCN1C(=O)[C@H](Cc1ccc(O)cc1)NC(=O)CNC(=O)[C@H](Cc1ccccc1)NC(=O)[C@@H](C)NC(=O)[C@@H](N)Cc1ccc(O)cc1)C(=O)NCC(N)=O. The number of rotatable bonds is 24. The van der Waals surface area contributed by atoms with Crippen molar-refractivity contribution in [2.75, 3.05) is 26.2 Å². The molecule has 2 saturated heterocycles. The number of ether oxygens (including phenoxy) is 2. The zero-order valence-corrected chi connectivity index (χ0v) is 40.7. The quantitative estimate of drug-likeness (QED) is 0.0401. The van der Waals surface area contributed by atoms with Crippen molar-refractivity contribution < 1.29 is 78.5 Å². The van der Waals surface area contributed by atoms with E-state index in [0.717, 1.165) is 0 Å². The Labute approximate surface area is 425 Å². The fraction of sp³-hybridized carbons (Fsp3) is 0.469. The lowest BCUT2D eigenvalue weighted by molar-refractivity contribution is -0.311. The van der Waals surface area contributed by atoms with E-state index in [4.69, 9.17) is 20.9 Å². The van der Waals surface area contributed by atoms with Crippen LogP contribution in [0.15, 0.2) is 78.9 Å². The Bertz CT molecular complexity index is 2420. The van der Waals surface area contributed by atoms with Gasteiger partial charge in [0.05, 0.1) is 31.8 Å². The molecule has 402 valence electrons. The number of primary amides is 1. The molecule has 74 heavy (non-hydrogen) atoms. The number of nitrogens with zero attached hydrogens (tertiary/aromatic N) is 1. The molecule has 25 nitrogen and oxygen atoms in total. The lowest BCUT2D eigenvalue weighted by atomic mass is 9.99. The summed E-state index contributed by atoms with van der Waals surface area (Å²) in [5.41, 5.74) is 13.1. The van der Waals surface area contributed by atoms with E-state index in [1.54, 1.807) is 42.5 Å². The summed E-state index contributed by atoms with van der Waals surface area (Å²) in [5.74, 6) is -6.63. The Morgan fingerprint density at radius 3 is 1.88 bits per heavy atom. The first-order valence-corrected chi connectivity index (χ1v) is 23.8. The number of hydrogen-bond acceptors (Lipinski definition) is 17. The Kier molecular flexibility index (Phi) is 21.1. The van der Waals surface area contributed by atoms with Crippen LogP contribution in [0.1, 0.15) is 43.4 Å². The summed E-state index contributed by atoms with van der Waals surface area (Å²) >= 11 is 0. The smallest absolute Gasteiger partial charge is 0.246 e. The average molecular weight is 1040 g/mol. The first-order valence-electron chi connectivity index (χ1n) is 23.8. The second kappa shape index (κ2) is 27.2. The number of amides is 8. The van der Waals surface area contributed by atoms with Crippen molar-refractivity contribution in [2.24, 2.45) is 11.5 Å². The number of phenols is 2. The van der Waals surface area contributed by atoms with Crippen LogP contribution in [0.25, 0.3) is 0 Å². The van der Waals surface area contributed by atoms with E-state index in [9.17, 15) is 69.0 Å². The highest BCUT2D eigenvalue weighted by molar-refractivity contribution is 5.97. The van der Waals surface area contributed by atoms with Crippen LogP contribution in [0, 0.1) is 0 Å². The van der Waals surface area contributed by atoms with Crippen LogP contribution < -0.4 is 43.4 Å². The van der Waals surface area contributed by atoms with Gasteiger partial charge in [0.2, 0.25) is 47.3 Å². The predicted molar refractivity (Wildman–Crippen MR) is 259 cm³/mol. The largest absolute Gasteiger partial charge is 0.508 e. The Hall–Kier alpha value is -7.26. The minimum Gasteiger partial charge on any atom is -0.508 e. The third kappa shape index (κ3) is 16.4. The molecule has 0 bridgehead atoms. The van der Waals surface area contributed by atoms with E-state index in [2.05, 4.69) is 31.9 Å². The van der Waals surface area contributed by atoms with Gasteiger partial charge in [0.1, 0.15) is 66.1 Å². The number of likely N-dealkylation sites (tertiary alicyclic amines) is 1. The topological polar surface area (TPSA) is 404 Å². The van der Waals surface area contributed by atoms with E-state index in [1.165, 1.54) is 55.1 Å². The highest BCUT2D eigenvalue weighted by Gasteiger charge is 2.46. The Morgan fingerprint density at radius 1 is 0.689 bits per heavy atom. The molecule has 0 aromatic heterocycles. The normalized spacial score (nSPS) is 21.9. The summed E-state index contributed by atoms with van der Waals surface area (Å²) in [4.78, 5) is 109. The van der Waals surface area contributed by atoms with E-state index in [0.29, 0.717) is 23.1 Å². The maximum atomic E-state index is 14.5. The summed E-state index contributed by atoms with van der Waals surface area (Å²) in [6.07, 6.45) is -9.68. The minimum atomic E-state index is -1.88. The van der Waals surface area contributed by atoms with E-state index < -0.39 is 140 Å². The average Bonchev–Trinajstić information content (AvgIpc) is 3.88. The molecule has 2 aliphatic rings. The van der Waals surface area contributed by atoms with Gasteiger partial charge in [0, 0.05) is 19.4 Å². The third-order valence-electron chi connectivity index (χ3n) is 12.4. The molecule has 0 saturated carbocycles. The molecule has 2 aliphatic heterocycles. The van der Waals surface area contributed by atoms with Crippen molar-refractivity contribution in [3.63, 3.8) is 0 Å². The van der Waals surface area contributed by atoms with Gasteiger partial charge in [0.15, 0.2) is 6.29 Å². The molecule has 2 fully saturated rings. The number of nitrogens with two attached hydrogens (primary N) is 2. The Balaban J connectivity index is 1.28. The van der Waals surface area contributed by atoms with Crippen molar-refractivity contribution >= 4 is 47.3 Å². The lowest BCUT2D eigenvalue weighted by Gasteiger charge is -2.41. The van der Waals surface area contributed by atoms with E-state index >= 15 is 0 Å². The number of hydrogen-bond donors (Lipinski definition) is 14. The highest BCUT2D eigenvalue weighted by atomic mass is 16.7. The van der Waals surface area contributed by atoms with Gasteiger partial charge in [-0.3, -0.25) is 38.4 Å². The molecular formula is C49H65N9O16. The molecule has 2 heterocycles. The summed E-state index contributed by atoms with van der Waals surface area (Å²) in [5, 5.41) is 75.3. The van der Waals surface area contributed by atoms with Gasteiger partial charge in [-0.25, -0.2) is 0 Å². The first kappa shape index (κ1) is 57.6. The van der Waals surface area contributed by atoms with Crippen molar-refractivity contribution in [1.82, 2.24) is 36.8 Å². The van der Waals surface area contributed by atoms with Crippen molar-refractivity contribution in [2.45, 2.75) is 119 Å². The second-order valence-electron chi connectivity index (χ2n) is 18.1. The van der Waals surface area contributed by atoms with E-state index in [1.807, 2.05) is 0 Å². The monoisotopic (exact) mass is 1040 g/mol. The highest BCUT2D eigenvalue weighted by Crippen LogP contribution is 2.25. The van der Waals surface area contributed by atoms with Crippen molar-refractivity contribution in [1.29, 1.82) is 0 Å². The van der Waals surface area contributed by atoms with Gasteiger partial charge in [-0.05, 0) is 74.1 Å². The number of aromatic hydroxyl groups is 2. The number of phenolic OH excluding ortho intramolecular Hbond substituents is 2. The number of aliphatic hydroxyl groups excluding tert-OH is 4. The van der Waals surface area contributed by atoms with Gasteiger partial charge in [-0.2, -0.15) is 0 Å².